The summed E-state index contributed by atoms with van der Waals surface area (Å²) in [6, 6.07) is 0. The van der Waals surface area contributed by atoms with Crippen LogP contribution in [0, 0.1) is 0 Å². The van der Waals surface area contributed by atoms with Crippen LogP contribution in [0.4, 0.5) is 0 Å². The molecule has 0 aromatic rings. The summed E-state index contributed by atoms with van der Waals surface area (Å²) in [6.07, 6.45) is 40.4. The lowest BCUT2D eigenvalue weighted by Gasteiger charge is -2.24. The average Bonchev–Trinajstić information content (AvgIpc) is 3.12. The molecule has 1 N–H and O–H groups in total. The van der Waals surface area contributed by atoms with Crippen molar-refractivity contribution >= 4 is 19.8 Å². The molecule has 0 bridgehead atoms. The second-order valence-electron chi connectivity index (χ2n) is 15.8. The number of ether oxygens (including phenoxy) is 2. The second kappa shape index (κ2) is 36.8. The van der Waals surface area contributed by atoms with Crippen LogP contribution in [0.2, 0.25) is 0 Å². The molecule has 10 heteroatoms. The number of phosphoric acid groups is 1. The molecule has 0 aliphatic heterocycles. The predicted molar refractivity (Wildman–Crippen MR) is 224 cm³/mol. The molecule has 0 aromatic carbocycles. The molecule has 54 heavy (non-hydrogen) atoms. The number of quaternary nitrogens is 1. The van der Waals surface area contributed by atoms with E-state index in [1.807, 2.05) is 21.1 Å². The molecule has 1 unspecified atom stereocenters. The van der Waals surface area contributed by atoms with Gasteiger partial charge in [-0.25, -0.2) is 4.57 Å². The number of unbranched alkanes of at least 4 members (excludes halogenated alkanes) is 20. The third-order valence-electron chi connectivity index (χ3n) is 9.17. The Bertz CT molecular complexity index is 1020. The van der Waals surface area contributed by atoms with Gasteiger partial charge in [-0.2, -0.15) is 0 Å². The molecular weight excluding hydrogens is 701 g/mol. The molecule has 0 amide bonds. The summed E-state index contributed by atoms with van der Waals surface area (Å²) in [6.45, 7) is 4.36. The van der Waals surface area contributed by atoms with E-state index in [4.69, 9.17) is 18.5 Å². The first-order chi connectivity index (χ1) is 26.0. The lowest BCUT2D eigenvalue weighted by Crippen LogP contribution is -2.37. The van der Waals surface area contributed by atoms with E-state index in [0.717, 1.165) is 70.6 Å². The number of carbonyl (C=O) groups excluding carboxylic acids is 2. The minimum absolute atomic E-state index is 0.0262. The molecule has 0 saturated carbocycles. The Balaban J connectivity index is 4.42. The number of phosphoric ester groups is 1. The number of carbonyl (C=O) groups is 2. The van der Waals surface area contributed by atoms with E-state index in [0.29, 0.717) is 17.4 Å². The van der Waals surface area contributed by atoms with Crippen LogP contribution in [0.15, 0.2) is 36.5 Å². The van der Waals surface area contributed by atoms with E-state index < -0.39 is 26.5 Å². The molecule has 0 spiro atoms. The van der Waals surface area contributed by atoms with Gasteiger partial charge in [-0.1, -0.05) is 140 Å². The second-order valence-corrected chi connectivity index (χ2v) is 17.2. The normalized spacial score (nSPS) is 14.0. The van der Waals surface area contributed by atoms with Gasteiger partial charge in [0.15, 0.2) is 6.10 Å². The van der Waals surface area contributed by atoms with E-state index in [1.54, 1.807) is 0 Å². The van der Waals surface area contributed by atoms with E-state index >= 15 is 0 Å². The van der Waals surface area contributed by atoms with Crippen molar-refractivity contribution in [1.82, 2.24) is 0 Å². The number of rotatable bonds is 39. The zero-order chi connectivity index (χ0) is 40.0. The quantitative estimate of drug-likeness (QED) is 0.0164. The van der Waals surface area contributed by atoms with Gasteiger partial charge in [-0.15, -0.1) is 0 Å². The van der Waals surface area contributed by atoms with E-state index in [9.17, 15) is 19.0 Å². The van der Waals surface area contributed by atoms with E-state index in [-0.39, 0.29) is 32.0 Å². The molecule has 0 aliphatic rings. The molecule has 0 heterocycles. The fourth-order valence-electron chi connectivity index (χ4n) is 5.70. The summed E-state index contributed by atoms with van der Waals surface area (Å²) in [5.41, 5.74) is 0. The lowest BCUT2D eigenvalue weighted by molar-refractivity contribution is -0.870. The standard InChI is InChI=1S/C44H82NO8P/c1-6-8-10-12-14-16-18-20-22-24-26-28-30-32-34-36-43(46)50-40-42(41-52-54(48,49)51-39-38-45(3,4)5)53-44(47)37-35-33-31-29-27-25-23-21-19-17-15-13-11-9-7-2/h16,18,20,22,25,27,42H,6-15,17,19,21,23-24,26,28-41H2,1-5H3/p+1/b18-16+,22-20+,27-25+/t42-/m1/s1. The Kier molecular flexibility index (Phi) is 35.6. The van der Waals surface area contributed by atoms with Crippen molar-refractivity contribution in [2.45, 2.75) is 187 Å². The first kappa shape index (κ1) is 52.2. The monoisotopic (exact) mass is 785 g/mol. The highest BCUT2D eigenvalue weighted by atomic mass is 31.2. The highest BCUT2D eigenvalue weighted by Crippen LogP contribution is 2.43. The summed E-state index contributed by atoms with van der Waals surface area (Å²) in [4.78, 5) is 35.3. The lowest BCUT2D eigenvalue weighted by atomic mass is 10.1. The van der Waals surface area contributed by atoms with Crippen LogP contribution < -0.4 is 0 Å². The highest BCUT2D eigenvalue weighted by Gasteiger charge is 2.27. The van der Waals surface area contributed by atoms with Crippen LogP contribution in [0.1, 0.15) is 181 Å². The van der Waals surface area contributed by atoms with Gasteiger partial charge < -0.3 is 18.9 Å². The van der Waals surface area contributed by atoms with Gasteiger partial charge in [0.05, 0.1) is 27.7 Å². The topological polar surface area (TPSA) is 108 Å². The smallest absolute Gasteiger partial charge is 0.462 e. The van der Waals surface area contributed by atoms with Gasteiger partial charge in [-0.05, 0) is 64.2 Å². The summed E-state index contributed by atoms with van der Waals surface area (Å²) >= 11 is 0. The summed E-state index contributed by atoms with van der Waals surface area (Å²) in [7, 11) is 1.46. The van der Waals surface area contributed by atoms with Crippen LogP contribution in [0.3, 0.4) is 0 Å². The number of hydrogen-bond donors (Lipinski definition) is 1. The van der Waals surface area contributed by atoms with Crippen LogP contribution in [0.5, 0.6) is 0 Å². The van der Waals surface area contributed by atoms with Gasteiger partial charge in [0.1, 0.15) is 19.8 Å². The van der Waals surface area contributed by atoms with Gasteiger partial charge in [0.25, 0.3) is 0 Å². The molecule has 0 rings (SSSR count). The maximum absolute atomic E-state index is 12.7. The maximum Gasteiger partial charge on any atom is 0.472 e. The molecular formula is C44H83NO8P+. The Morgan fingerprint density at radius 2 is 1.00 bits per heavy atom. The van der Waals surface area contributed by atoms with Gasteiger partial charge in [-0.3, -0.25) is 18.6 Å². The number of hydrogen-bond acceptors (Lipinski definition) is 7. The number of esters is 2. The van der Waals surface area contributed by atoms with Gasteiger partial charge in [0.2, 0.25) is 0 Å². The van der Waals surface area contributed by atoms with Crippen LogP contribution in [0.25, 0.3) is 0 Å². The van der Waals surface area contributed by atoms with Gasteiger partial charge in [0, 0.05) is 12.8 Å². The molecule has 0 aromatic heterocycles. The van der Waals surface area contributed by atoms with Gasteiger partial charge >= 0.3 is 19.8 Å². The molecule has 2 atom stereocenters. The Labute approximate surface area is 331 Å². The number of likely N-dealkylation sites (N-methyl/N-ethyl adjacent to an activating group) is 1. The zero-order valence-electron chi connectivity index (χ0n) is 35.5. The molecule has 0 saturated heterocycles. The van der Waals surface area contributed by atoms with Crippen molar-refractivity contribution in [1.29, 1.82) is 0 Å². The fraction of sp³-hybridized carbons (Fsp3) is 0.818. The molecule has 0 aliphatic carbocycles. The summed E-state index contributed by atoms with van der Waals surface area (Å²) in [5, 5.41) is 0. The van der Waals surface area contributed by atoms with Crippen molar-refractivity contribution in [3.8, 4) is 0 Å². The minimum Gasteiger partial charge on any atom is -0.462 e. The Morgan fingerprint density at radius 3 is 1.52 bits per heavy atom. The van der Waals surface area contributed by atoms with Crippen LogP contribution in [-0.4, -0.2) is 74.9 Å². The highest BCUT2D eigenvalue weighted by molar-refractivity contribution is 7.47. The fourth-order valence-corrected chi connectivity index (χ4v) is 6.45. The minimum atomic E-state index is -4.38. The molecule has 316 valence electrons. The molecule has 0 radical (unpaired) electrons. The Morgan fingerprint density at radius 1 is 0.574 bits per heavy atom. The maximum atomic E-state index is 12.7. The first-order valence-corrected chi connectivity index (χ1v) is 23.2. The average molecular weight is 785 g/mol. The van der Waals surface area contributed by atoms with Crippen molar-refractivity contribution in [2.75, 3.05) is 47.5 Å². The molecule has 9 nitrogen and oxygen atoms in total. The SMILES string of the molecule is CCCCCC/C=C/C=C/CCCCCCCC(=O)OC[C@H](COP(=O)(O)OCC[N+](C)(C)C)OC(=O)CCCCC/C=C/CCCCCCCCCC. The van der Waals surface area contributed by atoms with E-state index in [2.05, 4.69) is 50.3 Å². The number of allylic oxidation sites excluding steroid dienone is 6. The molecule has 0 fully saturated rings. The summed E-state index contributed by atoms with van der Waals surface area (Å²) < 4.78 is 34.2. The zero-order valence-corrected chi connectivity index (χ0v) is 36.3. The van der Waals surface area contributed by atoms with Crippen molar-refractivity contribution in [3.05, 3.63) is 36.5 Å². The van der Waals surface area contributed by atoms with E-state index in [1.165, 1.54) is 77.0 Å². The predicted octanol–water partition coefficient (Wildman–Crippen LogP) is 12.1. The number of nitrogens with zero attached hydrogens (tertiary/aromatic N) is 1. The van der Waals surface area contributed by atoms with Crippen LogP contribution in [-0.2, 0) is 32.7 Å². The Hall–Kier alpha value is -1.77. The van der Waals surface area contributed by atoms with Crippen molar-refractivity contribution in [3.63, 3.8) is 0 Å². The summed E-state index contributed by atoms with van der Waals surface area (Å²) in [5.74, 6) is -0.834. The third-order valence-corrected chi connectivity index (χ3v) is 10.2. The van der Waals surface area contributed by atoms with Crippen LogP contribution >= 0.6 is 7.82 Å². The largest absolute Gasteiger partial charge is 0.472 e. The first-order valence-electron chi connectivity index (χ1n) is 21.7. The van der Waals surface area contributed by atoms with Crippen molar-refractivity contribution < 1.29 is 42.1 Å². The third kappa shape index (κ3) is 39.9. The van der Waals surface area contributed by atoms with Crippen molar-refractivity contribution in [2.24, 2.45) is 0 Å².